The van der Waals surface area contributed by atoms with Gasteiger partial charge >= 0.3 is 0 Å². The van der Waals surface area contributed by atoms with E-state index in [1.807, 2.05) is 0 Å². The Morgan fingerprint density at radius 2 is 0.925 bits per heavy atom. The molecule has 0 radical (unpaired) electrons. The molecule has 0 aliphatic rings. The monoisotopic (exact) mass is 574 g/mol. The van der Waals surface area contributed by atoms with Crippen LogP contribution in [0.5, 0.6) is 0 Å². The molecule has 0 saturated carbocycles. The van der Waals surface area contributed by atoms with E-state index in [2.05, 4.69) is 138 Å². The lowest BCUT2D eigenvalue weighted by Crippen LogP contribution is -2.21. The molecule has 3 aromatic rings. The van der Waals surface area contributed by atoms with Crippen LogP contribution in [0.25, 0.3) is 0 Å². The zero-order chi connectivity index (χ0) is 29.7. The highest BCUT2D eigenvalue weighted by Crippen LogP contribution is 2.49. The Kier molecular flexibility index (Phi) is 12.1. The van der Waals surface area contributed by atoms with E-state index in [0.29, 0.717) is 35.5 Å². The van der Waals surface area contributed by atoms with Crippen molar-refractivity contribution in [3.8, 4) is 0 Å². The van der Waals surface area contributed by atoms with Crippen molar-refractivity contribution in [2.24, 2.45) is 0 Å². The lowest BCUT2D eigenvalue weighted by atomic mass is 9.89. The summed E-state index contributed by atoms with van der Waals surface area (Å²) >= 11 is 0. The van der Waals surface area contributed by atoms with Crippen LogP contribution in [0.1, 0.15) is 158 Å². The maximum Gasteiger partial charge on any atom is -0.00294 e. The highest BCUT2D eigenvalue weighted by molar-refractivity contribution is 7.75. The molecule has 0 aromatic heterocycles. The highest BCUT2D eigenvalue weighted by Gasteiger charge is 2.25. The van der Waals surface area contributed by atoms with Crippen LogP contribution in [0, 0.1) is 0 Å². The van der Waals surface area contributed by atoms with Crippen LogP contribution in [-0.2, 0) is 6.16 Å². The summed E-state index contributed by atoms with van der Waals surface area (Å²) < 4.78 is 0. The first kappa shape index (κ1) is 33.0. The first-order valence-corrected chi connectivity index (χ1v) is 18.6. The summed E-state index contributed by atoms with van der Waals surface area (Å²) in [6.45, 7) is 28.6. The molecule has 0 heterocycles. The third kappa shape index (κ3) is 8.08. The zero-order valence-corrected chi connectivity index (χ0v) is 29.4. The fraction of sp³-hybridized carbons (Fsp3) is 0.526. The van der Waals surface area contributed by atoms with Crippen LogP contribution in [0.2, 0.25) is 0 Å². The first-order valence-electron chi connectivity index (χ1n) is 15.7. The van der Waals surface area contributed by atoms with E-state index in [-0.39, 0.29) is 7.92 Å². The van der Waals surface area contributed by atoms with Gasteiger partial charge in [-0.25, -0.2) is 0 Å². The maximum atomic E-state index is 2.57. The van der Waals surface area contributed by atoms with Crippen molar-refractivity contribution < 1.29 is 0 Å². The SMILES string of the molecule is CC(C)c1cc(C(C)C)c(PCP(Cc2ccccc2)c2c(C(C)C)cc(C(C)C)cc2C(C)C)c(C(C)C)c1. The fourth-order valence-corrected chi connectivity index (χ4v) is 11.4. The Labute approximate surface area is 250 Å². The third-order valence-electron chi connectivity index (χ3n) is 8.21. The molecule has 0 N–H and O–H groups in total. The molecule has 40 heavy (non-hydrogen) atoms. The van der Waals surface area contributed by atoms with E-state index >= 15 is 0 Å². The second-order valence-electron chi connectivity index (χ2n) is 13.6. The summed E-state index contributed by atoms with van der Waals surface area (Å²) in [5.74, 6) is 4.52. The Balaban J connectivity index is 2.20. The summed E-state index contributed by atoms with van der Waals surface area (Å²) in [6, 6.07) is 21.5. The fourth-order valence-electron chi connectivity index (χ4n) is 5.64. The minimum atomic E-state index is -0.365. The molecule has 3 aromatic carbocycles. The molecule has 0 amide bonds. The minimum absolute atomic E-state index is 0.365. The third-order valence-corrected chi connectivity index (χ3v) is 13.2. The van der Waals surface area contributed by atoms with Gasteiger partial charge in [-0.15, -0.1) is 0 Å². The summed E-state index contributed by atoms with van der Waals surface area (Å²) in [5.41, 5.74) is 10.9. The number of rotatable bonds is 12. The van der Waals surface area contributed by atoms with E-state index in [0.717, 1.165) is 8.58 Å². The lowest BCUT2D eigenvalue weighted by Gasteiger charge is -2.30. The average molecular weight is 575 g/mol. The molecule has 0 spiro atoms. The van der Waals surface area contributed by atoms with E-state index in [1.54, 1.807) is 32.9 Å². The molecular weight excluding hydrogens is 518 g/mol. The molecule has 0 fully saturated rings. The van der Waals surface area contributed by atoms with Crippen LogP contribution < -0.4 is 10.6 Å². The Morgan fingerprint density at radius 1 is 0.525 bits per heavy atom. The van der Waals surface area contributed by atoms with Crippen molar-refractivity contribution in [2.75, 3.05) is 5.90 Å². The summed E-state index contributed by atoms with van der Waals surface area (Å²) in [7, 11) is 0.472. The molecule has 3 rings (SSSR count). The molecule has 2 atom stereocenters. The Morgan fingerprint density at radius 3 is 1.30 bits per heavy atom. The molecule has 2 unspecified atom stereocenters. The molecule has 0 nitrogen and oxygen atoms in total. The number of benzene rings is 3. The van der Waals surface area contributed by atoms with Gasteiger partial charge in [0.2, 0.25) is 0 Å². The minimum Gasteiger partial charge on any atom is -0.0850 e. The summed E-state index contributed by atoms with van der Waals surface area (Å²) in [4.78, 5) is 0. The second-order valence-corrected chi connectivity index (χ2v) is 17.5. The van der Waals surface area contributed by atoms with Crippen molar-refractivity contribution in [3.63, 3.8) is 0 Å². The van der Waals surface area contributed by atoms with Crippen molar-refractivity contribution in [1.29, 1.82) is 0 Å². The topological polar surface area (TPSA) is 0 Å². The average Bonchev–Trinajstić information content (AvgIpc) is 2.89. The van der Waals surface area contributed by atoms with Crippen LogP contribution in [0.15, 0.2) is 54.6 Å². The van der Waals surface area contributed by atoms with Gasteiger partial charge in [0, 0.05) is 0 Å². The maximum absolute atomic E-state index is 2.57. The quantitative estimate of drug-likeness (QED) is 0.189. The van der Waals surface area contributed by atoms with Gasteiger partial charge in [0.1, 0.15) is 0 Å². The van der Waals surface area contributed by atoms with E-state index in [4.69, 9.17) is 0 Å². The Bertz CT molecular complexity index is 1170. The van der Waals surface area contributed by atoms with Gasteiger partial charge in [0.15, 0.2) is 0 Å². The molecule has 218 valence electrons. The normalized spacial score (nSPS) is 13.3. The highest BCUT2D eigenvalue weighted by atomic mass is 31.2. The van der Waals surface area contributed by atoms with Gasteiger partial charge in [-0.1, -0.05) is 154 Å². The van der Waals surface area contributed by atoms with E-state index < -0.39 is 0 Å². The smallest absolute Gasteiger partial charge is 0.00294 e. The van der Waals surface area contributed by atoms with E-state index in [9.17, 15) is 0 Å². The van der Waals surface area contributed by atoms with Gasteiger partial charge in [0.05, 0.1) is 0 Å². The molecular formula is C38H56P2. The van der Waals surface area contributed by atoms with Gasteiger partial charge in [-0.3, -0.25) is 0 Å². The van der Waals surface area contributed by atoms with Crippen LogP contribution in [0.3, 0.4) is 0 Å². The van der Waals surface area contributed by atoms with Crippen LogP contribution in [-0.4, -0.2) is 5.90 Å². The Hall–Kier alpha value is -1.48. The van der Waals surface area contributed by atoms with Gasteiger partial charge in [-0.2, -0.15) is 0 Å². The molecule has 0 saturated heterocycles. The van der Waals surface area contributed by atoms with Gasteiger partial charge < -0.3 is 0 Å². The van der Waals surface area contributed by atoms with Gasteiger partial charge in [-0.05, 0) is 97.1 Å². The second kappa shape index (κ2) is 14.6. The van der Waals surface area contributed by atoms with Crippen molar-refractivity contribution in [3.05, 3.63) is 93.5 Å². The summed E-state index contributed by atoms with van der Waals surface area (Å²) in [5, 5.41) is 3.36. The predicted octanol–water partition coefficient (Wildman–Crippen LogP) is 11.7. The predicted molar refractivity (Wildman–Crippen MR) is 187 cm³/mol. The molecule has 0 aliphatic heterocycles. The van der Waals surface area contributed by atoms with Crippen LogP contribution >= 0.6 is 16.5 Å². The van der Waals surface area contributed by atoms with Crippen molar-refractivity contribution >= 4 is 27.1 Å². The largest absolute Gasteiger partial charge is 0.0850 e. The zero-order valence-electron chi connectivity index (χ0n) is 27.5. The first-order chi connectivity index (χ1) is 18.8. The number of hydrogen-bond donors (Lipinski definition) is 0. The molecule has 0 aliphatic carbocycles. The molecule has 2 heteroatoms. The van der Waals surface area contributed by atoms with Gasteiger partial charge in [0.25, 0.3) is 0 Å². The van der Waals surface area contributed by atoms with Crippen LogP contribution in [0.4, 0.5) is 0 Å². The molecule has 0 bridgehead atoms. The lowest BCUT2D eigenvalue weighted by molar-refractivity contribution is 0.813. The van der Waals surface area contributed by atoms with E-state index in [1.165, 1.54) is 28.8 Å². The van der Waals surface area contributed by atoms with Crippen molar-refractivity contribution in [1.82, 2.24) is 0 Å². The van der Waals surface area contributed by atoms with Crippen molar-refractivity contribution in [2.45, 2.75) is 125 Å². The number of hydrogen-bond acceptors (Lipinski definition) is 0. The standard InChI is InChI=1S/C38H56P2/c1-24(2)31-18-33(26(5)6)37(34(19-31)27(7)8)39-23-40(22-30-16-14-13-15-17-30)38-35(28(9)10)20-32(25(3)4)21-36(38)29(11)12/h13-21,24-29,39H,22-23H2,1-12H3. The summed E-state index contributed by atoms with van der Waals surface area (Å²) in [6.07, 6.45) is 1.17.